The van der Waals surface area contributed by atoms with Crippen molar-refractivity contribution >= 4 is 19.1 Å². The van der Waals surface area contributed by atoms with Crippen LogP contribution in [0.5, 0.6) is 5.88 Å². The summed E-state index contributed by atoms with van der Waals surface area (Å²) in [7, 11) is 3.57. The third-order valence-electron chi connectivity index (χ3n) is 2.31. The maximum atomic E-state index is 5.82. The molecular weight excluding hydrogens is 201 g/mol. The number of aromatic nitrogens is 2. The molecule has 0 saturated carbocycles. The molecule has 0 spiro atoms. The van der Waals surface area contributed by atoms with E-state index in [-0.39, 0.29) is 0 Å². The number of ether oxygens (including phenoxy) is 1. The Morgan fingerprint density at radius 1 is 1.25 bits per heavy atom. The summed E-state index contributed by atoms with van der Waals surface area (Å²) in [5.74, 6) is 1.10. The van der Waals surface area contributed by atoms with Gasteiger partial charge in [0, 0.05) is 29.6 Å². The van der Waals surface area contributed by atoms with E-state index in [0.717, 1.165) is 16.6 Å². The largest absolute Gasteiger partial charge is 0.481 e. The second-order valence-electron chi connectivity index (χ2n) is 3.53. The molecule has 5 heteroatoms. The summed E-state index contributed by atoms with van der Waals surface area (Å²) in [5.41, 5.74) is 8.73. The average Bonchev–Trinajstić information content (AvgIpc) is 2.32. The fourth-order valence-electron chi connectivity index (χ4n) is 1.47. The van der Waals surface area contributed by atoms with Crippen molar-refractivity contribution in [2.45, 2.75) is 0 Å². The van der Waals surface area contributed by atoms with Gasteiger partial charge in [0.05, 0.1) is 7.11 Å². The lowest BCUT2D eigenvalue weighted by Crippen LogP contribution is -2.06. The molecule has 2 aromatic rings. The predicted octanol–water partition coefficient (Wildman–Crippen LogP) is -0.00720. The van der Waals surface area contributed by atoms with E-state index in [2.05, 4.69) is 9.97 Å². The van der Waals surface area contributed by atoms with E-state index in [0.29, 0.717) is 11.7 Å². The highest BCUT2D eigenvalue weighted by Crippen LogP contribution is 2.23. The van der Waals surface area contributed by atoms with Gasteiger partial charge in [-0.25, -0.2) is 9.97 Å². The Balaban J connectivity index is 2.45. The molecule has 0 aliphatic rings. The topological polar surface area (TPSA) is 61.0 Å². The molecule has 4 nitrogen and oxygen atoms in total. The van der Waals surface area contributed by atoms with Crippen LogP contribution in [0.3, 0.4) is 0 Å². The minimum Gasteiger partial charge on any atom is -0.481 e. The first-order chi connectivity index (χ1) is 7.70. The smallest absolute Gasteiger partial charge is 0.212 e. The van der Waals surface area contributed by atoms with Gasteiger partial charge in [-0.1, -0.05) is 11.5 Å². The van der Waals surface area contributed by atoms with Crippen LogP contribution in [0.2, 0.25) is 0 Å². The van der Waals surface area contributed by atoms with Crippen molar-refractivity contribution < 1.29 is 4.74 Å². The molecule has 0 aliphatic heterocycles. The fraction of sp³-hybridized carbons (Fsp3) is 0.0909. The first kappa shape index (κ1) is 10.5. The van der Waals surface area contributed by atoms with E-state index in [1.165, 1.54) is 0 Å². The zero-order valence-electron chi connectivity index (χ0n) is 9.27. The molecule has 0 aromatic carbocycles. The van der Waals surface area contributed by atoms with Gasteiger partial charge in [0.25, 0.3) is 0 Å². The third kappa shape index (κ3) is 1.98. The normalized spacial score (nSPS) is 10.1. The van der Waals surface area contributed by atoms with E-state index >= 15 is 0 Å². The number of anilines is 1. The molecule has 0 amide bonds. The van der Waals surface area contributed by atoms with Gasteiger partial charge in [0.1, 0.15) is 13.7 Å². The number of rotatable bonds is 2. The Bertz CT molecular complexity index is 499. The lowest BCUT2D eigenvalue weighted by Gasteiger charge is -2.06. The van der Waals surface area contributed by atoms with Gasteiger partial charge >= 0.3 is 0 Å². The van der Waals surface area contributed by atoms with Gasteiger partial charge in [0.15, 0.2) is 0 Å². The Hall–Kier alpha value is -2.04. The Kier molecular flexibility index (Phi) is 2.77. The number of methoxy groups -OCH3 is 1. The van der Waals surface area contributed by atoms with Crippen LogP contribution in [0.15, 0.2) is 30.6 Å². The highest BCUT2D eigenvalue weighted by molar-refractivity contribution is 6.32. The van der Waals surface area contributed by atoms with Crippen LogP contribution in [-0.4, -0.2) is 24.9 Å². The number of nitrogen functional groups attached to an aromatic ring is 1. The summed E-state index contributed by atoms with van der Waals surface area (Å²) in [5, 5.41) is 0. The van der Waals surface area contributed by atoms with Crippen LogP contribution in [0.1, 0.15) is 0 Å². The minimum atomic E-state index is 0.512. The van der Waals surface area contributed by atoms with Crippen LogP contribution < -0.4 is 15.9 Å². The van der Waals surface area contributed by atoms with Gasteiger partial charge in [-0.15, -0.1) is 0 Å². The van der Waals surface area contributed by atoms with Crippen molar-refractivity contribution in [3.05, 3.63) is 30.6 Å². The van der Waals surface area contributed by atoms with Crippen LogP contribution in [0.25, 0.3) is 11.1 Å². The summed E-state index contributed by atoms with van der Waals surface area (Å²) >= 11 is 0. The second-order valence-corrected chi connectivity index (χ2v) is 3.53. The molecule has 2 aromatic heterocycles. The molecule has 2 heterocycles. The number of hydrogen-bond acceptors (Lipinski definition) is 4. The Morgan fingerprint density at radius 2 is 2.06 bits per heavy atom. The lowest BCUT2D eigenvalue weighted by atomic mass is 9.95. The molecule has 0 fully saturated rings. The van der Waals surface area contributed by atoms with Crippen molar-refractivity contribution in [3.63, 3.8) is 0 Å². The number of pyridine rings is 2. The molecule has 0 unspecified atom stereocenters. The summed E-state index contributed by atoms with van der Waals surface area (Å²) < 4.78 is 5.00. The van der Waals surface area contributed by atoms with Gasteiger partial charge in [-0.2, -0.15) is 0 Å². The molecule has 2 rings (SSSR count). The standard InChI is InChI=1S/C11H12BN3O/c1-16-10-3-2-7(5-14-10)9-4-8(12)6-15-11(9)13/h2-6H,12H2,1H3,(H2,13,15). The monoisotopic (exact) mass is 213 g/mol. The van der Waals surface area contributed by atoms with Crippen molar-refractivity contribution in [1.82, 2.24) is 9.97 Å². The maximum absolute atomic E-state index is 5.82. The molecule has 0 aliphatic carbocycles. The molecular formula is C11H12BN3O. The van der Waals surface area contributed by atoms with Crippen LogP contribution in [0, 0.1) is 0 Å². The SMILES string of the molecule is Bc1cnc(N)c(-c2ccc(OC)nc2)c1. The summed E-state index contributed by atoms with van der Waals surface area (Å²) in [4.78, 5) is 8.26. The highest BCUT2D eigenvalue weighted by atomic mass is 16.5. The van der Waals surface area contributed by atoms with Gasteiger partial charge in [0.2, 0.25) is 5.88 Å². The summed E-state index contributed by atoms with van der Waals surface area (Å²) in [6, 6.07) is 5.71. The van der Waals surface area contributed by atoms with Crippen LogP contribution in [0.4, 0.5) is 5.82 Å². The first-order valence-corrected chi connectivity index (χ1v) is 4.93. The Labute approximate surface area is 94.9 Å². The molecule has 0 bridgehead atoms. The maximum Gasteiger partial charge on any atom is 0.212 e. The zero-order chi connectivity index (χ0) is 11.5. The summed E-state index contributed by atoms with van der Waals surface area (Å²) in [6.07, 6.45) is 3.47. The third-order valence-corrected chi connectivity index (χ3v) is 2.31. The van der Waals surface area contributed by atoms with E-state index in [1.54, 1.807) is 25.6 Å². The predicted molar refractivity (Wildman–Crippen MR) is 66.6 cm³/mol. The number of hydrogen-bond donors (Lipinski definition) is 1. The minimum absolute atomic E-state index is 0.512. The molecule has 2 N–H and O–H groups in total. The van der Waals surface area contributed by atoms with Gasteiger partial charge in [-0.05, 0) is 6.07 Å². The average molecular weight is 213 g/mol. The van der Waals surface area contributed by atoms with Crippen molar-refractivity contribution in [3.8, 4) is 17.0 Å². The fourth-order valence-corrected chi connectivity index (χ4v) is 1.47. The lowest BCUT2D eigenvalue weighted by molar-refractivity contribution is 0.398. The zero-order valence-corrected chi connectivity index (χ0v) is 9.27. The second kappa shape index (κ2) is 4.22. The molecule has 16 heavy (non-hydrogen) atoms. The molecule has 80 valence electrons. The highest BCUT2D eigenvalue weighted by Gasteiger charge is 2.04. The van der Waals surface area contributed by atoms with Crippen molar-refractivity contribution in [2.75, 3.05) is 12.8 Å². The Morgan fingerprint density at radius 3 is 2.69 bits per heavy atom. The van der Waals surface area contributed by atoms with Gasteiger partial charge in [-0.3, -0.25) is 0 Å². The molecule has 0 radical (unpaired) electrons. The molecule has 0 atom stereocenters. The number of nitrogens with two attached hydrogens (primary N) is 1. The van der Waals surface area contributed by atoms with Crippen molar-refractivity contribution in [2.24, 2.45) is 0 Å². The van der Waals surface area contributed by atoms with Crippen molar-refractivity contribution in [1.29, 1.82) is 0 Å². The number of nitrogens with zero attached hydrogens (tertiary/aromatic N) is 2. The van der Waals surface area contributed by atoms with E-state index < -0.39 is 0 Å². The molecule has 0 saturated heterocycles. The van der Waals surface area contributed by atoms with Crippen LogP contribution >= 0.6 is 0 Å². The van der Waals surface area contributed by atoms with Gasteiger partial charge < -0.3 is 10.5 Å². The van der Waals surface area contributed by atoms with E-state index in [4.69, 9.17) is 10.5 Å². The first-order valence-electron chi connectivity index (χ1n) is 4.93. The van der Waals surface area contributed by atoms with E-state index in [1.807, 2.05) is 20.0 Å². The quantitative estimate of drug-likeness (QED) is 0.713. The summed E-state index contributed by atoms with van der Waals surface area (Å²) in [6.45, 7) is 0. The van der Waals surface area contributed by atoms with E-state index in [9.17, 15) is 0 Å². The van der Waals surface area contributed by atoms with Crippen LogP contribution in [-0.2, 0) is 0 Å².